The lowest BCUT2D eigenvalue weighted by atomic mass is 10.1. The second-order valence-electron chi connectivity index (χ2n) is 6.66. The van der Waals surface area contributed by atoms with Crippen molar-refractivity contribution in [3.8, 4) is 0 Å². The maximum absolute atomic E-state index is 6.21. The van der Waals surface area contributed by atoms with Crippen LogP contribution in [0.25, 0.3) is 0 Å². The summed E-state index contributed by atoms with van der Waals surface area (Å²) in [5.41, 5.74) is 5.44. The van der Waals surface area contributed by atoms with Crippen molar-refractivity contribution < 1.29 is 14.0 Å². The minimum Gasteiger partial charge on any atom is -0.377 e. The zero-order chi connectivity index (χ0) is 15.4. The van der Waals surface area contributed by atoms with Gasteiger partial charge in [-0.1, -0.05) is 24.3 Å². The molecule has 0 amide bonds. The van der Waals surface area contributed by atoms with Crippen LogP contribution >= 0.6 is 0 Å². The number of rotatable bonds is 1. The molecule has 1 fully saturated rings. The van der Waals surface area contributed by atoms with E-state index in [9.17, 15) is 0 Å². The summed E-state index contributed by atoms with van der Waals surface area (Å²) in [6.45, 7) is 6.40. The Morgan fingerprint density at radius 2 is 2.00 bits per heavy atom. The fraction of sp³-hybridized carbons (Fsp3) is 0.500. The lowest BCUT2D eigenvalue weighted by Gasteiger charge is -2.25. The van der Waals surface area contributed by atoms with Gasteiger partial charge >= 0.3 is 0 Å². The number of aromatic nitrogens is 2. The van der Waals surface area contributed by atoms with Crippen LogP contribution in [-0.2, 0) is 22.5 Å². The Hall–Kier alpha value is -1.85. The van der Waals surface area contributed by atoms with E-state index in [1.54, 1.807) is 0 Å². The molecule has 23 heavy (non-hydrogen) atoms. The van der Waals surface area contributed by atoms with Crippen molar-refractivity contribution in [1.29, 1.82) is 0 Å². The van der Waals surface area contributed by atoms with Crippen molar-refractivity contribution in [3.63, 3.8) is 0 Å². The molecule has 2 aromatic rings. The topological polar surface area (TPSA) is 30.5 Å². The highest BCUT2D eigenvalue weighted by atomic mass is 16.5. The van der Waals surface area contributed by atoms with Crippen molar-refractivity contribution >= 4 is 0 Å². The second-order valence-corrected chi connectivity index (χ2v) is 6.66. The van der Waals surface area contributed by atoms with Crippen LogP contribution in [0.3, 0.4) is 0 Å². The molecule has 0 radical (unpaired) electrons. The molecule has 3 heterocycles. The van der Waals surface area contributed by atoms with Gasteiger partial charge in [-0.25, -0.2) is 9.58 Å². The number of fused-ring (bicyclic) bond motifs is 5. The van der Waals surface area contributed by atoms with Gasteiger partial charge in [0.2, 0.25) is 0 Å². The molecule has 3 aliphatic rings. The number of hydrogen-bond donors (Lipinski definition) is 0. The number of morpholine rings is 1. The predicted octanol–water partition coefficient (Wildman–Crippen LogP) is 1.10. The first-order valence-electron chi connectivity index (χ1n) is 8.47. The molecule has 1 aromatic heterocycles. The van der Waals surface area contributed by atoms with Gasteiger partial charge in [-0.15, -0.1) is 4.68 Å². The average molecular weight is 312 g/mol. The molecule has 0 saturated carbocycles. The Morgan fingerprint density at radius 1 is 1.17 bits per heavy atom. The van der Waals surface area contributed by atoms with E-state index < -0.39 is 0 Å². The molecule has 0 spiro atoms. The molecule has 5 heteroatoms. The van der Waals surface area contributed by atoms with E-state index in [0.717, 1.165) is 32.7 Å². The molecular weight excluding hydrogens is 290 g/mol. The minimum absolute atomic E-state index is 0.268. The van der Waals surface area contributed by atoms with Crippen LogP contribution < -0.4 is 9.58 Å². The normalized spacial score (nSPS) is 25.9. The monoisotopic (exact) mass is 312 g/mol. The van der Waals surface area contributed by atoms with E-state index in [1.165, 1.54) is 22.5 Å². The third-order valence-corrected chi connectivity index (χ3v) is 5.48. The molecule has 1 saturated heterocycles. The highest BCUT2D eigenvalue weighted by Gasteiger charge is 2.44. The SMILES string of the molecule is Cc1c2[n+](cn1N1CCOCC1)[C@@H]1c3ccccc3C[C@@H]1OC2. The van der Waals surface area contributed by atoms with Crippen LogP contribution in [0.5, 0.6) is 0 Å². The smallest absolute Gasteiger partial charge is 0.268 e. The summed E-state index contributed by atoms with van der Waals surface area (Å²) in [6.07, 6.45) is 3.57. The molecule has 120 valence electrons. The third-order valence-electron chi connectivity index (χ3n) is 5.48. The summed E-state index contributed by atoms with van der Waals surface area (Å²) in [5.74, 6) is 0. The molecule has 1 aliphatic carbocycles. The van der Waals surface area contributed by atoms with E-state index in [2.05, 4.69) is 51.8 Å². The van der Waals surface area contributed by atoms with Gasteiger partial charge in [0, 0.05) is 18.9 Å². The first kappa shape index (κ1) is 13.6. The zero-order valence-corrected chi connectivity index (χ0v) is 13.4. The number of ether oxygens (including phenoxy) is 2. The molecule has 5 nitrogen and oxygen atoms in total. The number of hydrogen-bond acceptors (Lipinski definition) is 3. The standard InChI is InChI=1S/C18H22N3O2/c1-13-16-11-23-17-10-14-4-2-3-5-15(14)18(17)20(16)12-21(13)19-6-8-22-9-7-19/h2-5,12,17-18H,6-11H2,1H3/q+1/t17-,18+/m0/s1. The maximum atomic E-state index is 6.21. The second kappa shape index (κ2) is 5.08. The summed E-state index contributed by atoms with van der Waals surface area (Å²) in [6, 6.07) is 9.08. The van der Waals surface area contributed by atoms with Crippen LogP contribution in [0.1, 0.15) is 28.6 Å². The van der Waals surface area contributed by atoms with Crippen molar-refractivity contribution in [2.45, 2.75) is 32.1 Å². The highest BCUT2D eigenvalue weighted by Crippen LogP contribution is 2.36. The fourth-order valence-corrected chi connectivity index (χ4v) is 4.27. The number of nitrogens with zero attached hydrogens (tertiary/aromatic N) is 3. The van der Waals surface area contributed by atoms with Gasteiger partial charge < -0.3 is 9.47 Å². The number of imidazole rings is 1. The van der Waals surface area contributed by atoms with Gasteiger partial charge in [-0.3, -0.25) is 0 Å². The molecule has 2 aliphatic heterocycles. The van der Waals surface area contributed by atoms with E-state index in [0.29, 0.717) is 12.6 Å². The van der Waals surface area contributed by atoms with Crippen molar-refractivity contribution in [2.24, 2.45) is 0 Å². The predicted molar refractivity (Wildman–Crippen MR) is 85.0 cm³/mol. The third kappa shape index (κ3) is 1.96. The van der Waals surface area contributed by atoms with Crippen LogP contribution in [0.2, 0.25) is 0 Å². The van der Waals surface area contributed by atoms with Gasteiger partial charge in [0.15, 0.2) is 17.4 Å². The minimum atomic E-state index is 0.268. The molecule has 5 rings (SSSR count). The largest absolute Gasteiger partial charge is 0.377 e. The summed E-state index contributed by atoms with van der Waals surface area (Å²) in [7, 11) is 0. The van der Waals surface area contributed by atoms with Crippen LogP contribution in [-0.4, -0.2) is 37.1 Å². The maximum Gasteiger partial charge on any atom is 0.268 e. The van der Waals surface area contributed by atoms with E-state index >= 15 is 0 Å². The Labute approximate surface area is 136 Å². The van der Waals surface area contributed by atoms with E-state index in [4.69, 9.17) is 9.47 Å². The van der Waals surface area contributed by atoms with E-state index in [-0.39, 0.29) is 6.10 Å². The van der Waals surface area contributed by atoms with Gasteiger partial charge in [-0.2, -0.15) is 0 Å². The van der Waals surface area contributed by atoms with Crippen molar-refractivity contribution in [2.75, 3.05) is 31.3 Å². The van der Waals surface area contributed by atoms with Crippen molar-refractivity contribution in [1.82, 2.24) is 4.68 Å². The summed E-state index contributed by atoms with van der Waals surface area (Å²) >= 11 is 0. The first-order valence-corrected chi connectivity index (χ1v) is 8.47. The Balaban J connectivity index is 1.59. The Kier molecular flexibility index (Phi) is 3.00. The fourth-order valence-electron chi connectivity index (χ4n) is 4.27. The Bertz CT molecular complexity index is 749. The number of benzene rings is 1. The van der Waals surface area contributed by atoms with Gasteiger partial charge in [0.05, 0.1) is 26.3 Å². The first-order chi connectivity index (χ1) is 11.3. The van der Waals surface area contributed by atoms with Gasteiger partial charge in [-0.05, 0) is 5.56 Å². The van der Waals surface area contributed by atoms with Crippen LogP contribution in [0.4, 0.5) is 0 Å². The molecular formula is C18H22N3O2+. The molecule has 0 bridgehead atoms. The Morgan fingerprint density at radius 3 is 2.87 bits per heavy atom. The lowest BCUT2D eigenvalue weighted by Crippen LogP contribution is -2.51. The van der Waals surface area contributed by atoms with E-state index in [1.807, 2.05) is 0 Å². The van der Waals surface area contributed by atoms with Gasteiger partial charge in [0.25, 0.3) is 6.33 Å². The summed E-state index contributed by atoms with van der Waals surface area (Å²) < 4.78 is 16.5. The lowest BCUT2D eigenvalue weighted by molar-refractivity contribution is -0.738. The molecule has 1 aromatic carbocycles. The molecule has 0 unspecified atom stereocenters. The van der Waals surface area contributed by atoms with Crippen LogP contribution in [0, 0.1) is 6.92 Å². The van der Waals surface area contributed by atoms with Crippen molar-refractivity contribution in [3.05, 3.63) is 53.1 Å². The molecule has 0 N–H and O–H groups in total. The van der Waals surface area contributed by atoms with Gasteiger partial charge in [0.1, 0.15) is 12.7 Å². The highest BCUT2D eigenvalue weighted by molar-refractivity contribution is 5.35. The summed E-state index contributed by atoms with van der Waals surface area (Å²) in [5, 5.41) is 2.38. The molecule has 2 atom stereocenters. The van der Waals surface area contributed by atoms with Crippen LogP contribution in [0.15, 0.2) is 30.6 Å². The average Bonchev–Trinajstić information content (AvgIpc) is 3.13. The summed E-state index contributed by atoms with van der Waals surface area (Å²) in [4.78, 5) is 0. The quantitative estimate of drug-likeness (QED) is 0.739. The zero-order valence-electron chi connectivity index (χ0n) is 13.4.